The normalized spacial score (nSPS) is 11.3. The van der Waals surface area contributed by atoms with E-state index in [0.29, 0.717) is 3.79 Å². The predicted molar refractivity (Wildman–Crippen MR) is 85.7 cm³/mol. The van der Waals surface area contributed by atoms with E-state index in [1.807, 2.05) is 0 Å². The van der Waals surface area contributed by atoms with Crippen molar-refractivity contribution in [2.45, 2.75) is 4.21 Å². The lowest BCUT2D eigenvalue weighted by molar-refractivity contribution is 0.0698. The average molecular weight is 412 g/mol. The van der Waals surface area contributed by atoms with Gasteiger partial charge < -0.3 is 10.8 Å². The van der Waals surface area contributed by atoms with Crippen LogP contribution in [0.3, 0.4) is 0 Å². The minimum absolute atomic E-state index is 0.0434. The number of carbonyl (C=O) groups is 1. The van der Waals surface area contributed by atoms with E-state index in [4.69, 9.17) is 22.4 Å². The van der Waals surface area contributed by atoms with E-state index in [9.17, 15) is 13.2 Å². The first kappa shape index (κ1) is 16.1. The Balaban J connectivity index is 2.45. The second-order valence-electron chi connectivity index (χ2n) is 3.90. The first-order valence-corrected chi connectivity index (χ1v) is 8.78. The highest BCUT2D eigenvalue weighted by molar-refractivity contribution is 9.11. The van der Waals surface area contributed by atoms with E-state index in [-0.39, 0.29) is 26.2 Å². The van der Waals surface area contributed by atoms with Crippen LogP contribution in [0.4, 0.5) is 11.4 Å². The number of thiophene rings is 1. The van der Waals surface area contributed by atoms with Crippen molar-refractivity contribution in [1.29, 1.82) is 0 Å². The number of nitrogen functional groups attached to an aromatic ring is 1. The van der Waals surface area contributed by atoms with Gasteiger partial charge in [0.05, 0.1) is 20.1 Å². The molecule has 0 aliphatic rings. The van der Waals surface area contributed by atoms with E-state index in [2.05, 4.69) is 20.7 Å². The monoisotopic (exact) mass is 410 g/mol. The Morgan fingerprint density at radius 2 is 2.05 bits per heavy atom. The van der Waals surface area contributed by atoms with Gasteiger partial charge in [-0.05, 0) is 40.2 Å². The molecular formula is C11H8BrClN2O4S2. The Morgan fingerprint density at radius 1 is 1.38 bits per heavy atom. The van der Waals surface area contributed by atoms with Gasteiger partial charge in [-0.1, -0.05) is 11.6 Å². The summed E-state index contributed by atoms with van der Waals surface area (Å²) < 4.78 is 27.1. The molecule has 0 aliphatic heterocycles. The van der Waals surface area contributed by atoms with E-state index >= 15 is 0 Å². The summed E-state index contributed by atoms with van der Waals surface area (Å²) in [6.07, 6.45) is 0. The summed E-state index contributed by atoms with van der Waals surface area (Å²) in [4.78, 5) is 11.1. The molecule has 10 heteroatoms. The molecule has 0 fully saturated rings. The maximum absolute atomic E-state index is 12.2. The molecule has 112 valence electrons. The van der Waals surface area contributed by atoms with Gasteiger partial charge in [0.2, 0.25) is 0 Å². The number of halogens is 2. The Kier molecular flexibility index (Phi) is 4.47. The van der Waals surface area contributed by atoms with E-state index in [1.54, 1.807) is 0 Å². The number of nitrogens with one attached hydrogen (secondary N) is 1. The highest BCUT2D eigenvalue weighted by atomic mass is 79.9. The van der Waals surface area contributed by atoms with Crippen molar-refractivity contribution < 1.29 is 18.3 Å². The van der Waals surface area contributed by atoms with Gasteiger partial charge in [0.15, 0.2) is 0 Å². The summed E-state index contributed by atoms with van der Waals surface area (Å²) in [6.45, 7) is 0. The fourth-order valence-corrected chi connectivity index (χ4v) is 4.96. The topological polar surface area (TPSA) is 109 Å². The molecule has 6 nitrogen and oxygen atoms in total. The van der Waals surface area contributed by atoms with Crippen LogP contribution in [0.5, 0.6) is 0 Å². The van der Waals surface area contributed by atoms with Gasteiger partial charge in [-0.2, -0.15) is 0 Å². The standard InChI is InChI=1S/C11H8BrClN2O4S2/c12-10-7(13)4-9(20-10)21(18,19)15-8-3-5(14)1-2-6(8)11(16)17/h1-4,15H,14H2,(H,16,17). The first-order valence-electron chi connectivity index (χ1n) is 5.31. The third kappa shape index (κ3) is 3.49. The molecule has 0 saturated carbocycles. The Labute approximate surface area is 137 Å². The first-order chi connectivity index (χ1) is 9.70. The number of carboxylic acid groups (broad SMARTS) is 1. The smallest absolute Gasteiger partial charge is 0.337 e. The highest BCUT2D eigenvalue weighted by Crippen LogP contribution is 2.35. The maximum atomic E-state index is 12.2. The number of benzene rings is 1. The van der Waals surface area contributed by atoms with Crippen molar-refractivity contribution >= 4 is 66.2 Å². The predicted octanol–water partition coefficient (Wildman–Crippen LogP) is 3.25. The van der Waals surface area contributed by atoms with Gasteiger partial charge >= 0.3 is 5.97 Å². The summed E-state index contributed by atoms with van der Waals surface area (Å²) in [5.41, 5.74) is 5.49. The zero-order valence-electron chi connectivity index (χ0n) is 10.1. The van der Waals surface area contributed by atoms with Crippen LogP contribution in [-0.4, -0.2) is 19.5 Å². The number of hydrogen-bond acceptors (Lipinski definition) is 5. The summed E-state index contributed by atoms with van der Waals surface area (Å²) in [5.74, 6) is -1.27. The van der Waals surface area contributed by atoms with Crippen LogP contribution in [0.15, 0.2) is 32.3 Å². The molecule has 21 heavy (non-hydrogen) atoms. The average Bonchev–Trinajstić information content (AvgIpc) is 2.69. The molecular weight excluding hydrogens is 404 g/mol. The van der Waals surface area contributed by atoms with Crippen LogP contribution in [-0.2, 0) is 10.0 Å². The van der Waals surface area contributed by atoms with E-state index in [1.165, 1.54) is 24.3 Å². The number of rotatable bonds is 4. The number of anilines is 2. The van der Waals surface area contributed by atoms with Crippen LogP contribution < -0.4 is 10.5 Å². The lowest BCUT2D eigenvalue weighted by Gasteiger charge is -2.10. The van der Waals surface area contributed by atoms with Crippen LogP contribution in [0.2, 0.25) is 5.02 Å². The van der Waals surface area contributed by atoms with Crippen molar-refractivity contribution in [3.05, 3.63) is 38.6 Å². The number of hydrogen-bond donors (Lipinski definition) is 3. The fourth-order valence-electron chi connectivity index (χ4n) is 1.49. The van der Waals surface area contributed by atoms with Crippen molar-refractivity contribution in [3.8, 4) is 0 Å². The molecule has 0 saturated heterocycles. The molecule has 0 atom stereocenters. The molecule has 1 aromatic carbocycles. The summed E-state index contributed by atoms with van der Waals surface area (Å²) in [7, 11) is -3.95. The van der Waals surface area contributed by atoms with E-state index in [0.717, 1.165) is 11.3 Å². The SMILES string of the molecule is Nc1ccc(C(=O)O)c(NS(=O)(=O)c2cc(Cl)c(Br)s2)c1. The molecule has 1 heterocycles. The lowest BCUT2D eigenvalue weighted by atomic mass is 10.1. The highest BCUT2D eigenvalue weighted by Gasteiger charge is 2.22. The van der Waals surface area contributed by atoms with Crippen LogP contribution in [0, 0.1) is 0 Å². The third-order valence-corrected chi connectivity index (χ3v) is 6.72. The number of nitrogens with two attached hydrogens (primary N) is 1. The molecule has 4 N–H and O–H groups in total. The molecule has 2 aromatic rings. The van der Waals surface area contributed by atoms with Gasteiger partial charge in [-0.25, -0.2) is 13.2 Å². The lowest BCUT2D eigenvalue weighted by Crippen LogP contribution is -2.14. The summed E-state index contributed by atoms with van der Waals surface area (Å²) in [6, 6.07) is 5.11. The minimum atomic E-state index is -3.95. The van der Waals surface area contributed by atoms with Crippen LogP contribution in [0.1, 0.15) is 10.4 Å². The molecule has 0 unspecified atom stereocenters. The van der Waals surface area contributed by atoms with Gasteiger partial charge in [-0.3, -0.25) is 4.72 Å². The van der Waals surface area contributed by atoms with Gasteiger partial charge in [0.1, 0.15) is 4.21 Å². The molecule has 0 bridgehead atoms. The Morgan fingerprint density at radius 3 is 2.57 bits per heavy atom. The van der Waals surface area contributed by atoms with Crippen molar-refractivity contribution in [2.24, 2.45) is 0 Å². The molecule has 0 amide bonds. The van der Waals surface area contributed by atoms with Crippen LogP contribution in [0.25, 0.3) is 0 Å². The summed E-state index contributed by atoms with van der Waals surface area (Å²) >= 11 is 9.84. The molecule has 1 aromatic heterocycles. The maximum Gasteiger partial charge on any atom is 0.337 e. The van der Waals surface area contributed by atoms with Crippen molar-refractivity contribution in [2.75, 3.05) is 10.5 Å². The van der Waals surface area contributed by atoms with Crippen LogP contribution >= 0.6 is 38.9 Å². The second-order valence-corrected chi connectivity index (χ2v) is 8.59. The largest absolute Gasteiger partial charge is 0.478 e. The van der Waals surface area contributed by atoms with Gasteiger partial charge in [-0.15, -0.1) is 11.3 Å². The Hall–Kier alpha value is -1.29. The number of sulfonamides is 1. The second kappa shape index (κ2) is 5.84. The summed E-state index contributed by atoms with van der Waals surface area (Å²) in [5, 5.41) is 9.33. The molecule has 0 radical (unpaired) electrons. The van der Waals surface area contributed by atoms with Gasteiger partial charge in [0.25, 0.3) is 10.0 Å². The molecule has 2 rings (SSSR count). The zero-order valence-corrected chi connectivity index (χ0v) is 14.1. The van der Waals surface area contributed by atoms with E-state index < -0.39 is 16.0 Å². The van der Waals surface area contributed by atoms with Crippen molar-refractivity contribution in [3.63, 3.8) is 0 Å². The quantitative estimate of drug-likeness (QED) is 0.669. The van der Waals surface area contributed by atoms with Gasteiger partial charge in [0, 0.05) is 5.69 Å². The zero-order chi connectivity index (χ0) is 15.8. The Bertz CT molecular complexity index is 800. The molecule has 0 aliphatic carbocycles. The number of aromatic carboxylic acids is 1. The molecule has 0 spiro atoms. The minimum Gasteiger partial charge on any atom is -0.478 e. The number of carboxylic acids is 1. The van der Waals surface area contributed by atoms with Crippen molar-refractivity contribution in [1.82, 2.24) is 0 Å². The fraction of sp³-hybridized carbons (Fsp3) is 0. The third-order valence-electron chi connectivity index (χ3n) is 2.41.